The Labute approximate surface area is 96.7 Å². The van der Waals surface area contributed by atoms with Gasteiger partial charge in [0.1, 0.15) is 12.4 Å². The quantitative estimate of drug-likeness (QED) is 0.813. The Morgan fingerprint density at radius 1 is 1.29 bits per heavy atom. The molecule has 0 saturated carbocycles. The van der Waals surface area contributed by atoms with Crippen LogP contribution in [-0.4, -0.2) is 32.4 Å². The van der Waals surface area contributed by atoms with Gasteiger partial charge in [0.15, 0.2) is 0 Å². The Morgan fingerprint density at radius 3 is 2.53 bits per heavy atom. The molecule has 0 aliphatic rings. The van der Waals surface area contributed by atoms with Crippen LogP contribution in [0.5, 0.6) is 5.88 Å². The highest BCUT2D eigenvalue weighted by Crippen LogP contribution is 2.32. The van der Waals surface area contributed by atoms with Crippen LogP contribution in [0.15, 0.2) is 12.1 Å². The second-order valence-corrected chi connectivity index (χ2v) is 3.17. The molecule has 1 rings (SSSR count). The van der Waals surface area contributed by atoms with Crippen LogP contribution in [0.4, 0.5) is 19.0 Å². The number of hydrogen-bond acceptors (Lipinski definition) is 4. The van der Waals surface area contributed by atoms with Gasteiger partial charge in [-0.25, -0.2) is 0 Å². The number of halogens is 3. The van der Waals surface area contributed by atoms with Crippen molar-refractivity contribution in [1.29, 1.82) is 0 Å². The van der Waals surface area contributed by atoms with E-state index in [0.29, 0.717) is 0 Å². The predicted octanol–water partition coefficient (Wildman–Crippen LogP) is 2.17. The summed E-state index contributed by atoms with van der Waals surface area (Å²) < 4.78 is 47.4. The number of anilines is 1. The summed E-state index contributed by atoms with van der Waals surface area (Å²) in [5.74, 6) is 0.0217. The minimum absolute atomic E-state index is 0.0822. The number of methoxy groups -OCH3 is 1. The van der Waals surface area contributed by atoms with Gasteiger partial charge in [-0.1, -0.05) is 0 Å². The van der Waals surface area contributed by atoms with Gasteiger partial charge in [-0.2, -0.15) is 18.2 Å². The molecule has 1 aromatic heterocycles. The van der Waals surface area contributed by atoms with Crippen LogP contribution < -0.4 is 10.1 Å². The van der Waals surface area contributed by atoms with Gasteiger partial charge >= 0.3 is 6.18 Å². The number of nitrogens with one attached hydrogen (secondary N) is 1. The predicted molar refractivity (Wildman–Crippen MR) is 56.2 cm³/mol. The Morgan fingerprint density at radius 2 is 2.00 bits per heavy atom. The Balaban J connectivity index is 2.89. The molecule has 0 saturated heterocycles. The van der Waals surface area contributed by atoms with E-state index in [0.717, 1.165) is 12.1 Å². The Bertz CT molecular complexity index is 369. The van der Waals surface area contributed by atoms with E-state index in [1.807, 2.05) is 0 Å². The second-order valence-electron chi connectivity index (χ2n) is 3.17. The van der Waals surface area contributed by atoms with E-state index in [9.17, 15) is 13.2 Å². The minimum atomic E-state index is -4.42. The van der Waals surface area contributed by atoms with Gasteiger partial charge in [0.2, 0.25) is 5.88 Å². The van der Waals surface area contributed by atoms with Gasteiger partial charge < -0.3 is 14.8 Å². The fraction of sp³-hybridized carbons (Fsp3) is 0.500. The van der Waals surface area contributed by atoms with Crippen LogP contribution in [0.25, 0.3) is 0 Å². The third-order valence-corrected chi connectivity index (χ3v) is 1.92. The van der Waals surface area contributed by atoms with Crippen molar-refractivity contribution < 1.29 is 22.6 Å². The van der Waals surface area contributed by atoms with Crippen LogP contribution in [0, 0.1) is 0 Å². The third kappa shape index (κ3) is 4.10. The van der Waals surface area contributed by atoms with Gasteiger partial charge in [0.05, 0.1) is 12.2 Å². The molecule has 0 atom stereocenters. The van der Waals surface area contributed by atoms with Gasteiger partial charge in [-0.3, -0.25) is 0 Å². The number of hydrogen-bond donors (Lipinski definition) is 1. The van der Waals surface area contributed by atoms with E-state index in [1.54, 1.807) is 0 Å². The van der Waals surface area contributed by atoms with E-state index in [4.69, 9.17) is 9.47 Å². The second kappa shape index (κ2) is 5.72. The molecule has 1 aromatic rings. The molecule has 7 heteroatoms. The molecule has 96 valence electrons. The molecule has 1 heterocycles. The fourth-order valence-electron chi connectivity index (χ4n) is 1.10. The van der Waals surface area contributed by atoms with Crippen molar-refractivity contribution in [2.24, 2.45) is 0 Å². The lowest BCUT2D eigenvalue weighted by Gasteiger charge is -2.11. The highest BCUT2D eigenvalue weighted by molar-refractivity contribution is 5.42. The summed E-state index contributed by atoms with van der Waals surface area (Å²) in [4.78, 5) is 3.85. The summed E-state index contributed by atoms with van der Waals surface area (Å²) in [6.45, 7) is 0.431. The van der Waals surface area contributed by atoms with E-state index in [2.05, 4.69) is 10.3 Å². The number of nitrogens with zero attached hydrogens (tertiary/aromatic N) is 1. The van der Waals surface area contributed by atoms with E-state index >= 15 is 0 Å². The van der Waals surface area contributed by atoms with Crippen LogP contribution >= 0.6 is 0 Å². The molecule has 0 aliphatic carbocycles. The molecular formula is C10H13F3N2O2. The Hall–Kier alpha value is -1.50. The van der Waals surface area contributed by atoms with Gasteiger partial charge in [-0.15, -0.1) is 0 Å². The van der Waals surface area contributed by atoms with Crippen LogP contribution in [0.1, 0.15) is 5.56 Å². The molecule has 0 spiro atoms. The summed E-state index contributed by atoms with van der Waals surface area (Å²) in [5, 5.41) is 2.55. The summed E-state index contributed by atoms with van der Waals surface area (Å²) in [6, 6.07) is 1.78. The standard InChI is InChI=1S/C10H13F3N2O2/c1-14-8-5-7(10(11,12)13)6-9(15-8)17-4-3-16-2/h5-6H,3-4H2,1-2H3,(H,14,15). The number of rotatable bonds is 5. The summed E-state index contributed by atoms with van der Waals surface area (Å²) >= 11 is 0. The molecule has 0 unspecified atom stereocenters. The van der Waals surface area contributed by atoms with Crippen LogP contribution in [-0.2, 0) is 10.9 Å². The molecule has 0 bridgehead atoms. The highest BCUT2D eigenvalue weighted by atomic mass is 19.4. The molecule has 1 N–H and O–H groups in total. The van der Waals surface area contributed by atoms with Crippen molar-refractivity contribution in [3.8, 4) is 5.88 Å². The van der Waals surface area contributed by atoms with Crippen LogP contribution in [0.2, 0.25) is 0 Å². The van der Waals surface area contributed by atoms with Crippen LogP contribution in [0.3, 0.4) is 0 Å². The van der Waals surface area contributed by atoms with Crippen molar-refractivity contribution in [3.05, 3.63) is 17.7 Å². The first-order valence-electron chi connectivity index (χ1n) is 4.86. The number of pyridine rings is 1. The number of ether oxygens (including phenoxy) is 2. The van der Waals surface area contributed by atoms with E-state index < -0.39 is 11.7 Å². The molecule has 0 fully saturated rings. The summed E-state index contributed by atoms with van der Waals surface area (Å²) in [5.41, 5.74) is -0.802. The maximum atomic E-state index is 12.5. The topological polar surface area (TPSA) is 43.4 Å². The van der Waals surface area contributed by atoms with Crippen molar-refractivity contribution >= 4 is 5.82 Å². The molecule has 0 aliphatic heterocycles. The van der Waals surface area contributed by atoms with Gasteiger partial charge in [-0.05, 0) is 6.07 Å². The zero-order valence-electron chi connectivity index (χ0n) is 9.47. The SMILES string of the molecule is CNc1cc(C(F)(F)F)cc(OCCOC)n1. The lowest BCUT2D eigenvalue weighted by molar-refractivity contribution is -0.137. The molecule has 0 radical (unpaired) electrons. The van der Waals surface area contributed by atoms with E-state index in [1.165, 1.54) is 14.2 Å². The zero-order valence-corrected chi connectivity index (χ0v) is 9.47. The fourth-order valence-corrected chi connectivity index (χ4v) is 1.10. The number of aromatic nitrogens is 1. The maximum absolute atomic E-state index is 12.5. The molecule has 0 aromatic carbocycles. The van der Waals surface area contributed by atoms with Gasteiger partial charge in [0, 0.05) is 20.2 Å². The zero-order chi connectivity index (χ0) is 12.9. The number of alkyl halides is 3. The maximum Gasteiger partial charge on any atom is 0.416 e. The van der Waals surface area contributed by atoms with Crippen molar-refractivity contribution in [1.82, 2.24) is 4.98 Å². The highest BCUT2D eigenvalue weighted by Gasteiger charge is 2.31. The lowest BCUT2D eigenvalue weighted by Crippen LogP contribution is -2.10. The van der Waals surface area contributed by atoms with Crippen molar-refractivity contribution in [2.75, 3.05) is 32.7 Å². The Kier molecular flexibility index (Phi) is 4.56. The van der Waals surface area contributed by atoms with E-state index in [-0.39, 0.29) is 24.9 Å². The molecular weight excluding hydrogens is 237 g/mol. The smallest absolute Gasteiger partial charge is 0.416 e. The summed E-state index contributed by atoms with van der Waals surface area (Å²) in [6.07, 6.45) is -4.42. The van der Waals surface area contributed by atoms with Crippen molar-refractivity contribution in [3.63, 3.8) is 0 Å². The first kappa shape index (κ1) is 13.6. The lowest BCUT2D eigenvalue weighted by atomic mass is 10.2. The summed E-state index contributed by atoms with van der Waals surface area (Å²) in [7, 11) is 2.96. The minimum Gasteiger partial charge on any atom is -0.475 e. The third-order valence-electron chi connectivity index (χ3n) is 1.92. The first-order valence-corrected chi connectivity index (χ1v) is 4.86. The average molecular weight is 250 g/mol. The normalized spacial score (nSPS) is 11.4. The largest absolute Gasteiger partial charge is 0.475 e. The van der Waals surface area contributed by atoms with Gasteiger partial charge in [0.25, 0.3) is 0 Å². The molecule has 4 nitrogen and oxygen atoms in total. The molecule has 17 heavy (non-hydrogen) atoms. The average Bonchev–Trinajstić information content (AvgIpc) is 2.28. The molecule has 0 amide bonds. The van der Waals surface area contributed by atoms with Crippen molar-refractivity contribution in [2.45, 2.75) is 6.18 Å². The first-order chi connectivity index (χ1) is 7.97. The monoisotopic (exact) mass is 250 g/mol.